The molecule has 0 saturated heterocycles. The summed E-state index contributed by atoms with van der Waals surface area (Å²) in [6, 6.07) is 0. The largest absolute Gasteiger partial charge is 0.472 e. The van der Waals surface area contributed by atoms with Crippen LogP contribution in [0.25, 0.3) is 0 Å². The zero-order valence-electron chi connectivity index (χ0n) is 64.6. The van der Waals surface area contributed by atoms with Gasteiger partial charge in [-0.25, -0.2) is 9.13 Å². The Morgan fingerprint density at radius 2 is 0.465 bits per heavy atom. The van der Waals surface area contributed by atoms with Gasteiger partial charge in [0.05, 0.1) is 26.4 Å². The van der Waals surface area contributed by atoms with Crippen LogP contribution in [-0.2, 0) is 65.4 Å². The molecule has 0 heterocycles. The number of hydrogen-bond acceptors (Lipinski definition) is 15. The molecular formula is C80H156O17P2. The molecule has 0 saturated carbocycles. The molecule has 2 unspecified atom stereocenters. The lowest BCUT2D eigenvalue weighted by Gasteiger charge is -2.21. The zero-order valence-corrected chi connectivity index (χ0v) is 66.4. The number of rotatable bonds is 80. The Morgan fingerprint density at radius 3 is 0.687 bits per heavy atom. The molecule has 0 spiro atoms. The Kier molecular flexibility index (Phi) is 71.6. The molecule has 0 radical (unpaired) electrons. The Labute approximate surface area is 607 Å². The summed E-state index contributed by atoms with van der Waals surface area (Å²) in [6.45, 7) is 7.35. The molecule has 0 aliphatic carbocycles. The molecule has 588 valence electrons. The second-order valence-electron chi connectivity index (χ2n) is 29.3. The highest BCUT2D eigenvalue weighted by Crippen LogP contribution is 2.45. The molecule has 0 aromatic heterocycles. The molecule has 0 aromatic rings. The van der Waals surface area contributed by atoms with E-state index in [1.807, 2.05) is 0 Å². The van der Waals surface area contributed by atoms with E-state index in [1.165, 1.54) is 250 Å². The maximum absolute atomic E-state index is 13.1. The maximum atomic E-state index is 13.1. The smallest absolute Gasteiger partial charge is 0.462 e. The first kappa shape index (κ1) is 97.1. The van der Waals surface area contributed by atoms with Gasteiger partial charge in [0.1, 0.15) is 19.3 Å². The Hall–Kier alpha value is -1.94. The third-order valence-electron chi connectivity index (χ3n) is 18.8. The van der Waals surface area contributed by atoms with Gasteiger partial charge in [-0.05, 0) is 31.6 Å². The van der Waals surface area contributed by atoms with Crippen molar-refractivity contribution in [1.82, 2.24) is 0 Å². The van der Waals surface area contributed by atoms with Crippen molar-refractivity contribution in [3.8, 4) is 0 Å². The van der Waals surface area contributed by atoms with Crippen molar-refractivity contribution >= 4 is 39.5 Å². The quantitative estimate of drug-likeness (QED) is 0.0222. The van der Waals surface area contributed by atoms with Crippen molar-refractivity contribution in [2.75, 3.05) is 39.6 Å². The molecule has 17 nitrogen and oxygen atoms in total. The predicted octanol–water partition coefficient (Wildman–Crippen LogP) is 24.0. The molecule has 0 amide bonds. The first-order valence-electron chi connectivity index (χ1n) is 41.6. The van der Waals surface area contributed by atoms with Gasteiger partial charge in [0, 0.05) is 25.7 Å². The van der Waals surface area contributed by atoms with Crippen LogP contribution in [0.5, 0.6) is 0 Å². The van der Waals surface area contributed by atoms with Crippen LogP contribution in [0, 0.1) is 5.92 Å². The number of carbonyl (C=O) groups excluding carboxylic acids is 4. The highest BCUT2D eigenvalue weighted by atomic mass is 31.2. The third kappa shape index (κ3) is 74.1. The summed E-state index contributed by atoms with van der Waals surface area (Å²) in [7, 11) is -9.92. The van der Waals surface area contributed by atoms with Crippen LogP contribution in [-0.4, -0.2) is 96.7 Å². The standard InChI is InChI=1S/C80H156O17P2/c1-6-9-12-15-18-21-24-27-29-30-31-35-41-46-51-56-61-66-80(85)97-76(70-91-78(83)64-59-54-49-44-39-36-32-33-37-42-47-52-57-62-73(4)5)72-95-99(88,89)93-68-74(81)67-92-98(86,87)94-71-75(69-90-77(82)63-58-53-48-43-38-26-23-20-17-14-11-8-3)96-79(84)65-60-55-50-45-40-34-28-25-22-19-16-13-10-7-2/h73-76,81H,6-72H2,1-5H3,(H,86,87)(H,88,89)/t74-,75+,76+/m0/s1. The lowest BCUT2D eigenvalue weighted by atomic mass is 10.0. The SMILES string of the molecule is CCCCCCCCCCCCCCCCCCCC(=O)O[C@H](COC(=O)CCCCCCCCCCCCCCCC(C)C)COP(=O)(O)OC[C@@H](O)COP(=O)(O)OC[C@@H](COC(=O)CCCCCCCCCCCCCC)OC(=O)CCCCCCCCCCCCCCCC. The summed E-state index contributed by atoms with van der Waals surface area (Å²) in [5, 5.41) is 10.6. The average molecular weight is 1450 g/mol. The van der Waals surface area contributed by atoms with Gasteiger partial charge in [0.15, 0.2) is 12.2 Å². The number of ether oxygens (including phenoxy) is 4. The molecular weight excluding hydrogens is 1290 g/mol. The highest BCUT2D eigenvalue weighted by Gasteiger charge is 2.30. The number of unbranched alkanes of at least 4 members (excludes halogenated alkanes) is 52. The lowest BCUT2D eigenvalue weighted by Crippen LogP contribution is -2.30. The van der Waals surface area contributed by atoms with Crippen LogP contribution < -0.4 is 0 Å². The minimum absolute atomic E-state index is 0.109. The van der Waals surface area contributed by atoms with E-state index in [0.717, 1.165) is 95.8 Å². The number of phosphoric acid groups is 2. The molecule has 5 atom stereocenters. The van der Waals surface area contributed by atoms with Gasteiger partial charge in [-0.3, -0.25) is 37.3 Å². The number of phosphoric ester groups is 2. The molecule has 0 aliphatic heterocycles. The van der Waals surface area contributed by atoms with Crippen molar-refractivity contribution in [1.29, 1.82) is 0 Å². The van der Waals surface area contributed by atoms with Crippen molar-refractivity contribution in [3.63, 3.8) is 0 Å². The summed E-state index contributed by atoms with van der Waals surface area (Å²) >= 11 is 0. The van der Waals surface area contributed by atoms with Crippen molar-refractivity contribution in [3.05, 3.63) is 0 Å². The van der Waals surface area contributed by atoms with Crippen LogP contribution >= 0.6 is 15.6 Å². The second kappa shape index (κ2) is 73.0. The van der Waals surface area contributed by atoms with Gasteiger partial charge in [-0.15, -0.1) is 0 Å². The van der Waals surface area contributed by atoms with Gasteiger partial charge in [-0.2, -0.15) is 0 Å². The number of esters is 4. The zero-order chi connectivity index (χ0) is 72.7. The van der Waals surface area contributed by atoms with Crippen LogP contribution in [0.2, 0.25) is 0 Å². The van der Waals surface area contributed by atoms with E-state index < -0.39 is 97.5 Å². The fraction of sp³-hybridized carbons (Fsp3) is 0.950. The van der Waals surface area contributed by atoms with Crippen LogP contribution in [0.4, 0.5) is 0 Å². The van der Waals surface area contributed by atoms with Crippen molar-refractivity contribution in [2.45, 2.75) is 445 Å². The summed E-state index contributed by atoms with van der Waals surface area (Å²) in [5.74, 6) is -1.31. The van der Waals surface area contributed by atoms with Gasteiger partial charge in [0.25, 0.3) is 0 Å². The number of aliphatic hydroxyl groups excluding tert-OH is 1. The molecule has 0 fully saturated rings. The van der Waals surface area contributed by atoms with Crippen LogP contribution in [0.15, 0.2) is 0 Å². The normalized spacial score (nSPS) is 13.9. The first-order chi connectivity index (χ1) is 48.0. The minimum Gasteiger partial charge on any atom is -0.462 e. The third-order valence-corrected chi connectivity index (χ3v) is 20.7. The summed E-state index contributed by atoms with van der Waals surface area (Å²) in [4.78, 5) is 73.0. The molecule has 0 rings (SSSR count). The van der Waals surface area contributed by atoms with E-state index in [9.17, 15) is 43.2 Å². The molecule has 19 heteroatoms. The van der Waals surface area contributed by atoms with E-state index in [4.69, 9.17) is 37.0 Å². The predicted molar refractivity (Wildman–Crippen MR) is 405 cm³/mol. The Morgan fingerprint density at radius 1 is 0.273 bits per heavy atom. The maximum Gasteiger partial charge on any atom is 0.472 e. The van der Waals surface area contributed by atoms with Crippen LogP contribution in [0.3, 0.4) is 0 Å². The van der Waals surface area contributed by atoms with Gasteiger partial charge >= 0.3 is 39.5 Å². The highest BCUT2D eigenvalue weighted by molar-refractivity contribution is 7.47. The fourth-order valence-corrected chi connectivity index (χ4v) is 14.0. The van der Waals surface area contributed by atoms with Crippen molar-refractivity contribution < 1.29 is 80.2 Å². The van der Waals surface area contributed by atoms with E-state index >= 15 is 0 Å². The van der Waals surface area contributed by atoms with E-state index in [1.54, 1.807) is 0 Å². The summed E-state index contributed by atoms with van der Waals surface area (Å²) < 4.78 is 68.7. The Balaban J connectivity index is 5.26. The molecule has 0 aliphatic rings. The second-order valence-corrected chi connectivity index (χ2v) is 32.2. The number of aliphatic hydroxyl groups is 1. The van der Waals surface area contributed by atoms with Gasteiger partial charge in [-0.1, -0.05) is 375 Å². The molecule has 0 bridgehead atoms. The van der Waals surface area contributed by atoms with Gasteiger partial charge in [0.2, 0.25) is 0 Å². The lowest BCUT2D eigenvalue weighted by molar-refractivity contribution is -0.161. The number of carbonyl (C=O) groups is 4. The van der Waals surface area contributed by atoms with E-state index in [0.29, 0.717) is 25.7 Å². The minimum atomic E-state index is -4.96. The molecule has 99 heavy (non-hydrogen) atoms. The number of hydrogen-bond donors (Lipinski definition) is 3. The fourth-order valence-electron chi connectivity index (χ4n) is 12.4. The average Bonchev–Trinajstić information content (AvgIpc) is 2.50. The van der Waals surface area contributed by atoms with E-state index in [2.05, 4.69) is 34.6 Å². The molecule has 3 N–H and O–H groups in total. The topological polar surface area (TPSA) is 237 Å². The first-order valence-corrected chi connectivity index (χ1v) is 44.6. The Bertz CT molecular complexity index is 1890. The van der Waals surface area contributed by atoms with E-state index in [-0.39, 0.29) is 25.7 Å². The van der Waals surface area contributed by atoms with Crippen LogP contribution in [0.1, 0.15) is 426 Å². The summed E-state index contributed by atoms with van der Waals surface area (Å²) in [6.07, 6.45) is 63.6. The molecule has 0 aromatic carbocycles. The summed E-state index contributed by atoms with van der Waals surface area (Å²) in [5.41, 5.74) is 0. The van der Waals surface area contributed by atoms with Gasteiger partial charge < -0.3 is 33.8 Å². The van der Waals surface area contributed by atoms with Crippen molar-refractivity contribution in [2.24, 2.45) is 5.92 Å². The monoisotopic (exact) mass is 1450 g/mol.